The highest BCUT2D eigenvalue weighted by Crippen LogP contribution is 2.40. The van der Waals surface area contributed by atoms with Crippen LogP contribution in [0.2, 0.25) is 0 Å². The molecule has 0 N–H and O–H groups in total. The second kappa shape index (κ2) is 2.51. The van der Waals surface area contributed by atoms with Crippen molar-refractivity contribution in [3.8, 4) is 0 Å². The number of amides is 1. The van der Waals surface area contributed by atoms with E-state index >= 15 is 0 Å². The Morgan fingerprint density at radius 3 is 3.00 bits per heavy atom. The van der Waals surface area contributed by atoms with E-state index in [-0.39, 0.29) is 6.09 Å². The molecule has 3 heteroatoms. The third-order valence-corrected chi connectivity index (χ3v) is 2.72. The average molecular weight is 167 g/mol. The quantitative estimate of drug-likeness (QED) is 0.403. The van der Waals surface area contributed by atoms with E-state index in [0.717, 1.165) is 6.42 Å². The van der Waals surface area contributed by atoms with Crippen LogP contribution in [0.4, 0.5) is 4.79 Å². The molecule has 2 aliphatic rings. The molecule has 0 saturated carbocycles. The lowest BCUT2D eigenvalue weighted by atomic mass is 9.98. The molecular weight excluding hydrogens is 154 g/mol. The van der Waals surface area contributed by atoms with Crippen LogP contribution in [0, 0.1) is 5.92 Å². The van der Waals surface area contributed by atoms with E-state index in [1.807, 2.05) is 4.90 Å². The smallest absolute Gasteiger partial charge is 0.410 e. The second-order valence-corrected chi connectivity index (χ2v) is 3.46. The van der Waals surface area contributed by atoms with Gasteiger partial charge in [-0.2, -0.15) is 0 Å². The number of fused-ring (bicyclic) bond motifs is 1. The maximum atomic E-state index is 11.2. The molecule has 0 bridgehead atoms. The van der Waals surface area contributed by atoms with Crippen LogP contribution in [-0.4, -0.2) is 30.2 Å². The van der Waals surface area contributed by atoms with Gasteiger partial charge in [-0.05, 0) is 12.3 Å². The topological polar surface area (TPSA) is 29.3 Å². The first-order valence-electron chi connectivity index (χ1n) is 4.28. The van der Waals surface area contributed by atoms with Gasteiger partial charge < -0.3 is 4.74 Å². The van der Waals surface area contributed by atoms with Crippen molar-refractivity contribution in [2.75, 3.05) is 7.11 Å². The Labute approximate surface area is 72.0 Å². The van der Waals surface area contributed by atoms with Crippen molar-refractivity contribution >= 4 is 6.09 Å². The molecule has 1 saturated heterocycles. The van der Waals surface area contributed by atoms with Gasteiger partial charge in [0.2, 0.25) is 0 Å². The first kappa shape index (κ1) is 7.65. The summed E-state index contributed by atoms with van der Waals surface area (Å²) in [6, 6.07) is 0.819. The first-order chi connectivity index (χ1) is 5.75. The molecule has 0 aromatic carbocycles. The van der Waals surface area contributed by atoms with Crippen LogP contribution in [0.15, 0.2) is 12.2 Å². The standard InChI is InChI=1S/C9H13NO2/c1-6-4-3-5-7-8(6)10(7)9(11)12-2/h3-4,6-8H,5H2,1-2H3. The van der Waals surface area contributed by atoms with Crippen LogP contribution in [0.5, 0.6) is 0 Å². The zero-order valence-corrected chi connectivity index (χ0v) is 7.36. The molecule has 2 rings (SSSR count). The highest BCUT2D eigenvalue weighted by atomic mass is 16.5. The fourth-order valence-electron chi connectivity index (χ4n) is 2.07. The van der Waals surface area contributed by atoms with Gasteiger partial charge in [0.25, 0.3) is 0 Å². The van der Waals surface area contributed by atoms with Crippen LogP contribution in [0.3, 0.4) is 0 Å². The van der Waals surface area contributed by atoms with Crippen molar-refractivity contribution in [2.24, 2.45) is 5.92 Å². The Bertz CT molecular complexity index is 237. The van der Waals surface area contributed by atoms with Gasteiger partial charge in [0.1, 0.15) is 0 Å². The predicted octanol–water partition coefficient (Wildman–Crippen LogP) is 1.40. The lowest BCUT2D eigenvalue weighted by Gasteiger charge is -2.06. The normalized spacial score (nSPS) is 37.5. The minimum Gasteiger partial charge on any atom is -0.453 e. The van der Waals surface area contributed by atoms with E-state index in [1.54, 1.807) is 0 Å². The Morgan fingerprint density at radius 2 is 2.42 bits per heavy atom. The number of carbonyl (C=O) groups excluding carboxylic acids is 1. The van der Waals surface area contributed by atoms with Crippen molar-refractivity contribution in [1.82, 2.24) is 4.90 Å². The summed E-state index contributed by atoms with van der Waals surface area (Å²) >= 11 is 0. The van der Waals surface area contributed by atoms with Gasteiger partial charge in [-0.25, -0.2) is 4.79 Å². The van der Waals surface area contributed by atoms with Crippen LogP contribution in [-0.2, 0) is 4.74 Å². The molecule has 0 aromatic heterocycles. The molecule has 0 spiro atoms. The lowest BCUT2D eigenvalue weighted by Crippen LogP contribution is -2.16. The fourth-order valence-corrected chi connectivity index (χ4v) is 2.07. The number of methoxy groups -OCH3 is 1. The van der Waals surface area contributed by atoms with E-state index in [1.165, 1.54) is 7.11 Å². The third-order valence-electron chi connectivity index (χ3n) is 2.72. The molecule has 3 nitrogen and oxygen atoms in total. The van der Waals surface area contributed by atoms with Gasteiger partial charge in [-0.15, -0.1) is 0 Å². The van der Waals surface area contributed by atoms with Gasteiger partial charge in [-0.1, -0.05) is 19.1 Å². The van der Waals surface area contributed by atoms with E-state index in [9.17, 15) is 4.79 Å². The van der Waals surface area contributed by atoms with E-state index in [4.69, 9.17) is 0 Å². The molecule has 1 aliphatic carbocycles. The fraction of sp³-hybridized carbons (Fsp3) is 0.667. The Kier molecular flexibility index (Phi) is 1.60. The molecule has 3 unspecified atom stereocenters. The number of carbonyl (C=O) groups is 1. The second-order valence-electron chi connectivity index (χ2n) is 3.46. The summed E-state index contributed by atoms with van der Waals surface area (Å²) in [5, 5.41) is 0. The Balaban J connectivity index is 2.05. The van der Waals surface area contributed by atoms with Crippen molar-refractivity contribution in [2.45, 2.75) is 25.4 Å². The van der Waals surface area contributed by atoms with Crippen LogP contribution < -0.4 is 0 Å². The monoisotopic (exact) mass is 167 g/mol. The lowest BCUT2D eigenvalue weighted by molar-refractivity contribution is 0.149. The minimum absolute atomic E-state index is 0.180. The number of ether oxygens (including phenoxy) is 1. The van der Waals surface area contributed by atoms with Crippen molar-refractivity contribution in [3.05, 3.63) is 12.2 Å². The summed E-state index contributed by atoms with van der Waals surface area (Å²) in [4.78, 5) is 13.0. The van der Waals surface area contributed by atoms with Crippen molar-refractivity contribution < 1.29 is 9.53 Å². The van der Waals surface area contributed by atoms with E-state index < -0.39 is 0 Å². The number of hydrogen-bond acceptors (Lipinski definition) is 2. The maximum Gasteiger partial charge on any atom is 0.410 e. The summed E-state index contributed by atoms with van der Waals surface area (Å²) in [5.74, 6) is 0.489. The summed E-state index contributed by atoms with van der Waals surface area (Å²) in [6.07, 6.45) is 5.13. The molecule has 0 radical (unpaired) electrons. The van der Waals surface area contributed by atoms with Gasteiger partial charge in [0, 0.05) is 0 Å². The molecule has 66 valence electrons. The van der Waals surface area contributed by atoms with Gasteiger partial charge in [0.05, 0.1) is 19.2 Å². The molecule has 12 heavy (non-hydrogen) atoms. The number of rotatable bonds is 0. The number of hydrogen-bond donors (Lipinski definition) is 0. The predicted molar refractivity (Wildman–Crippen MR) is 44.7 cm³/mol. The van der Waals surface area contributed by atoms with Gasteiger partial charge in [0.15, 0.2) is 0 Å². The van der Waals surface area contributed by atoms with Crippen LogP contribution in [0.25, 0.3) is 0 Å². The molecule has 0 aromatic rings. The van der Waals surface area contributed by atoms with E-state index in [0.29, 0.717) is 18.0 Å². The summed E-state index contributed by atoms with van der Waals surface area (Å²) < 4.78 is 4.67. The zero-order valence-electron chi connectivity index (χ0n) is 7.36. The summed E-state index contributed by atoms with van der Waals surface area (Å²) in [7, 11) is 1.44. The van der Waals surface area contributed by atoms with E-state index in [2.05, 4.69) is 23.8 Å². The molecule has 1 fully saturated rings. The highest BCUT2D eigenvalue weighted by molar-refractivity contribution is 5.72. The largest absolute Gasteiger partial charge is 0.453 e. The first-order valence-corrected chi connectivity index (χ1v) is 4.28. The molecular formula is C9H13NO2. The Hall–Kier alpha value is -0.990. The van der Waals surface area contributed by atoms with Gasteiger partial charge >= 0.3 is 6.09 Å². The zero-order chi connectivity index (χ0) is 8.72. The highest BCUT2D eigenvalue weighted by Gasteiger charge is 2.54. The molecule has 1 aliphatic heterocycles. The summed E-state index contributed by atoms with van der Waals surface area (Å²) in [5.41, 5.74) is 0. The Morgan fingerprint density at radius 1 is 1.67 bits per heavy atom. The van der Waals surface area contributed by atoms with Crippen molar-refractivity contribution in [3.63, 3.8) is 0 Å². The minimum atomic E-state index is -0.180. The molecule has 3 atom stereocenters. The van der Waals surface area contributed by atoms with Crippen LogP contribution >= 0.6 is 0 Å². The van der Waals surface area contributed by atoms with Crippen molar-refractivity contribution in [1.29, 1.82) is 0 Å². The average Bonchev–Trinajstić information content (AvgIpc) is 2.79. The third kappa shape index (κ3) is 0.924. The maximum absolute atomic E-state index is 11.2. The van der Waals surface area contributed by atoms with Crippen LogP contribution in [0.1, 0.15) is 13.3 Å². The SMILES string of the molecule is COC(=O)N1C2CC=CC(C)C21. The summed E-state index contributed by atoms with van der Waals surface area (Å²) in [6.45, 7) is 2.14. The number of nitrogens with zero attached hydrogens (tertiary/aromatic N) is 1. The van der Waals surface area contributed by atoms with Gasteiger partial charge in [-0.3, -0.25) is 4.90 Å². The molecule has 1 heterocycles. The molecule has 1 amide bonds.